The fraction of sp³-hybridized carbons (Fsp3) is 0.263. The maximum Gasteiger partial charge on any atom is 0.416 e. The summed E-state index contributed by atoms with van der Waals surface area (Å²) in [5.74, 6) is -2.96. The molecular weight excluding hydrogens is 639 g/mol. The van der Waals surface area contributed by atoms with E-state index in [4.69, 9.17) is 14.2 Å². The van der Waals surface area contributed by atoms with Crippen molar-refractivity contribution in [2.24, 2.45) is 0 Å². The van der Waals surface area contributed by atoms with Gasteiger partial charge in [-0.15, -0.1) is 0 Å². The highest BCUT2D eigenvalue weighted by Gasteiger charge is 2.52. The molecule has 0 radical (unpaired) electrons. The highest BCUT2D eigenvalue weighted by Crippen LogP contribution is 2.32. The summed E-state index contributed by atoms with van der Waals surface area (Å²) in [5, 5.41) is 2.77. The summed E-state index contributed by atoms with van der Waals surface area (Å²) in [6, 6.07) is 25.7. The Morgan fingerprint density at radius 1 is 0.653 bits per heavy atom. The first kappa shape index (κ1) is 36.4. The molecule has 0 spiro atoms. The molecule has 4 aromatic rings. The van der Waals surface area contributed by atoms with Gasteiger partial charge < -0.3 is 19.5 Å². The van der Waals surface area contributed by atoms with Crippen LogP contribution in [-0.4, -0.2) is 43.6 Å². The van der Waals surface area contributed by atoms with Crippen LogP contribution in [0, 0.1) is 0 Å². The fourth-order valence-corrected chi connectivity index (χ4v) is 4.96. The molecule has 49 heavy (non-hydrogen) atoms. The number of anilines is 1. The highest BCUT2D eigenvalue weighted by molar-refractivity contribution is 6.09. The molecule has 0 atom stereocenters. The summed E-state index contributed by atoms with van der Waals surface area (Å²) < 4.78 is 55.4. The zero-order chi connectivity index (χ0) is 35.4. The van der Waals surface area contributed by atoms with Crippen molar-refractivity contribution in [1.82, 2.24) is 0 Å². The normalized spacial score (nSPS) is 11.4. The topological polar surface area (TPSA) is 108 Å². The van der Waals surface area contributed by atoms with Crippen LogP contribution in [0.15, 0.2) is 103 Å². The van der Waals surface area contributed by atoms with Gasteiger partial charge in [-0.25, -0.2) is 0 Å². The van der Waals surface area contributed by atoms with Gasteiger partial charge in [-0.2, -0.15) is 13.2 Å². The molecule has 0 saturated carbocycles. The van der Waals surface area contributed by atoms with E-state index in [1.165, 1.54) is 12.1 Å². The number of hydrogen-bond donors (Lipinski definition) is 1. The van der Waals surface area contributed by atoms with Gasteiger partial charge in [0.15, 0.2) is 0 Å². The molecule has 0 heterocycles. The summed E-state index contributed by atoms with van der Waals surface area (Å²) in [5.41, 5.74) is -0.451. The first-order valence-corrected chi connectivity index (χ1v) is 15.7. The fourth-order valence-electron chi connectivity index (χ4n) is 4.96. The van der Waals surface area contributed by atoms with Gasteiger partial charge in [0.25, 0.3) is 5.91 Å². The Hall–Kier alpha value is -5.45. The molecule has 1 amide bonds. The van der Waals surface area contributed by atoms with Crippen LogP contribution < -0.4 is 5.32 Å². The predicted molar refractivity (Wildman–Crippen MR) is 177 cm³/mol. The molecule has 4 aromatic carbocycles. The van der Waals surface area contributed by atoms with Gasteiger partial charge >= 0.3 is 24.1 Å². The third kappa shape index (κ3) is 9.13. The maximum atomic E-state index is 13.4. The number of esters is 3. The standard InChI is InChI=1S/C38H36F3NO7/c1-3-22-47-35(45)37(36(46)48-23-4-2,28-10-6-5-7-11-28)25-49-33(43)24-26-14-20-30(21-15-26)42-34(44)32-13-9-8-12-31(32)27-16-18-29(19-17-27)38(39,40)41/h5-21H,3-4,22-25H2,1-2H3,(H,42,44). The smallest absolute Gasteiger partial charge is 0.416 e. The van der Waals surface area contributed by atoms with Crippen molar-refractivity contribution in [2.75, 3.05) is 25.1 Å². The maximum absolute atomic E-state index is 13.4. The highest BCUT2D eigenvalue weighted by atomic mass is 19.4. The lowest BCUT2D eigenvalue weighted by Crippen LogP contribution is -2.50. The lowest BCUT2D eigenvalue weighted by molar-refractivity contribution is -0.170. The predicted octanol–water partition coefficient (Wildman–Crippen LogP) is 7.55. The van der Waals surface area contributed by atoms with Gasteiger partial charge in [0, 0.05) is 11.3 Å². The zero-order valence-electron chi connectivity index (χ0n) is 27.0. The van der Waals surface area contributed by atoms with Gasteiger partial charge in [0.1, 0.15) is 6.61 Å². The Labute approximate surface area is 282 Å². The van der Waals surface area contributed by atoms with Crippen molar-refractivity contribution in [3.63, 3.8) is 0 Å². The second kappa shape index (κ2) is 16.6. The third-order valence-corrected chi connectivity index (χ3v) is 7.54. The Kier molecular flexibility index (Phi) is 12.3. The molecule has 0 aliphatic carbocycles. The van der Waals surface area contributed by atoms with E-state index in [1.54, 1.807) is 78.9 Å². The number of halogens is 3. The quantitative estimate of drug-likeness (QED) is 0.0835. The van der Waals surface area contributed by atoms with E-state index in [0.717, 1.165) is 12.1 Å². The van der Waals surface area contributed by atoms with Crippen LogP contribution in [0.2, 0.25) is 0 Å². The second-order valence-corrected chi connectivity index (χ2v) is 11.2. The molecule has 4 rings (SSSR count). The van der Waals surface area contributed by atoms with E-state index < -0.39 is 47.6 Å². The number of carbonyl (C=O) groups excluding carboxylic acids is 4. The number of amides is 1. The summed E-state index contributed by atoms with van der Waals surface area (Å²) in [7, 11) is 0. The van der Waals surface area contributed by atoms with Crippen LogP contribution in [-0.2, 0) is 46.6 Å². The zero-order valence-corrected chi connectivity index (χ0v) is 27.0. The molecule has 0 aliphatic rings. The van der Waals surface area contributed by atoms with Crippen LogP contribution in [0.1, 0.15) is 53.7 Å². The lowest BCUT2D eigenvalue weighted by atomic mass is 9.81. The SMILES string of the molecule is CCCOC(=O)C(COC(=O)Cc1ccc(NC(=O)c2ccccc2-c2ccc(C(F)(F)F)cc2)cc1)(C(=O)OCCC)c1ccccc1. The van der Waals surface area contributed by atoms with Crippen molar-refractivity contribution in [2.45, 2.75) is 44.7 Å². The van der Waals surface area contributed by atoms with E-state index in [-0.39, 0.29) is 30.8 Å². The number of nitrogens with one attached hydrogen (secondary N) is 1. The molecule has 0 saturated heterocycles. The minimum atomic E-state index is -4.48. The van der Waals surface area contributed by atoms with Gasteiger partial charge in [0.05, 0.1) is 25.2 Å². The number of ether oxygens (including phenoxy) is 3. The number of alkyl halides is 3. The minimum absolute atomic E-state index is 0.0615. The molecule has 1 N–H and O–H groups in total. The number of carbonyl (C=O) groups is 4. The van der Waals surface area contributed by atoms with Crippen LogP contribution in [0.25, 0.3) is 11.1 Å². The van der Waals surface area contributed by atoms with Crippen LogP contribution in [0.3, 0.4) is 0 Å². The molecular formula is C38H36F3NO7. The monoisotopic (exact) mass is 675 g/mol. The van der Waals surface area contributed by atoms with Gasteiger partial charge in [-0.1, -0.05) is 86.6 Å². The average Bonchev–Trinajstić information content (AvgIpc) is 3.11. The first-order valence-electron chi connectivity index (χ1n) is 15.7. The molecule has 0 unspecified atom stereocenters. The molecule has 0 aromatic heterocycles. The summed E-state index contributed by atoms with van der Waals surface area (Å²) in [6.45, 7) is 3.11. The number of benzene rings is 4. The van der Waals surface area contributed by atoms with Crippen LogP contribution >= 0.6 is 0 Å². The minimum Gasteiger partial charge on any atom is -0.465 e. The van der Waals surface area contributed by atoms with E-state index in [0.29, 0.717) is 35.2 Å². The Bertz CT molecular complexity index is 1720. The second-order valence-electron chi connectivity index (χ2n) is 11.2. The van der Waals surface area contributed by atoms with Crippen molar-refractivity contribution < 1.29 is 46.6 Å². The van der Waals surface area contributed by atoms with Crippen molar-refractivity contribution in [3.8, 4) is 11.1 Å². The molecule has 0 bridgehead atoms. The van der Waals surface area contributed by atoms with Crippen molar-refractivity contribution in [1.29, 1.82) is 0 Å². The Balaban J connectivity index is 1.45. The van der Waals surface area contributed by atoms with E-state index in [1.807, 2.05) is 13.8 Å². The number of hydrogen-bond acceptors (Lipinski definition) is 7. The molecule has 11 heteroatoms. The molecule has 0 fully saturated rings. The molecule has 0 aliphatic heterocycles. The molecule has 8 nitrogen and oxygen atoms in total. The van der Waals surface area contributed by atoms with Gasteiger partial charge in [0.2, 0.25) is 5.41 Å². The lowest BCUT2D eigenvalue weighted by Gasteiger charge is -2.29. The van der Waals surface area contributed by atoms with E-state index in [9.17, 15) is 32.3 Å². The molecule has 256 valence electrons. The van der Waals surface area contributed by atoms with Gasteiger partial charge in [-0.05, 0) is 65.4 Å². The van der Waals surface area contributed by atoms with E-state index >= 15 is 0 Å². The van der Waals surface area contributed by atoms with E-state index in [2.05, 4.69) is 5.32 Å². The van der Waals surface area contributed by atoms with Crippen molar-refractivity contribution >= 4 is 29.5 Å². The largest absolute Gasteiger partial charge is 0.465 e. The summed E-state index contributed by atoms with van der Waals surface area (Å²) in [6.07, 6.45) is -3.65. The van der Waals surface area contributed by atoms with Crippen LogP contribution in [0.4, 0.5) is 18.9 Å². The van der Waals surface area contributed by atoms with Crippen molar-refractivity contribution in [3.05, 3.63) is 125 Å². The van der Waals surface area contributed by atoms with Crippen LogP contribution in [0.5, 0.6) is 0 Å². The Morgan fingerprint density at radius 2 is 1.22 bits per heavy atom. The first-order chi connectivity index (χ1) is 23.5. The Morgan fingerprint density at radius 3 is 1.80 bits per heavy atom. The number of rotatable bonds is 14. The summed E-state index contributed by atoms with van der Waals surface area (Å²) >= 11 is 0. The third-order valence-electron chi connectivity index (χ3n) is 7.54. The average molecular weight is 676 g/mol. The summed E-state index contributed by atoms with van der Waals surface area (Å²) in [4.78, 5) is 53.0. The van der Waals surface area contributed by atoms with Gasteiger partial charge in [-0.3, -0.25) is 19.2 Å².